The molecule has 0 aliphatic heterocycles. The molecule has 0 heterocycles. The molecule has 0 aromatic carbocycles. The normalized spacial score (nSPS) is 19.6. The summed E-state index contributed by atoms with van der Waals surface area (Å²) >= 11 is 0. The van der Waals surface area contributed by atoms with Crippen LogP contribution in [0.25, 0.3) is 0 Å². The van der Waals surface area contributed by atoms with E-state index in [-0.39, 0.29) is 29.8 Å². The summed E-state index contributed by atoms with van der Waals surface area (Å²) in [4.78, 5) is 11.8. The zero-order valence-corrected chi connectivity index (χ0v) is 11.4. The molecule has 0 aromatic rings. The Morgan fingerprint density at radius 1 is 1.50 bits per heavy atom. The van der Waals surface area contributed by atoms with Crippen molar-refractivity contribution < 1.29 is 4.79 Å². The van der Waals surface area contributed by atoms with Crippen molar-refractivity contribution in [2.45, 2.75) is 52.0 Å². The lowest BCUT2D eigenvalue weighted by Gasteiger charge is -2.34. The molecule has 1 saturated carbocycles. The van der Waals surface area contributed by atoms with Gasteiger partial charge in [0, 0.05) is 18.0 Å². The quantitative estimate of drug-likeness (QED) is 0.783. The monoisotopic (exact) mass is 248 g/mol. The van der Waals surface area contributed by atoms with Gasteiger partial charge in [-0.1, -0.05) is 20.3 Å². The Kier molecular flexibility index (Phi) is 6.34. The van der Waals surface area contributed by atoms with Crippen LogP contribution in [0.15, 0.2) is 0 Å². The van der Waals surface area contributed by atoms with Crippen LogP contribution in [0.1, 0.15) is 46.5 Å². The lowest BCUT2D eigenvalue weighted by Crippen LogP contribution is -2.54. The first-order chi connectivity index (χ1) is 6.97. The summed E-state index contributed by atoms with van der Waals surface area (Å²) < 4.78 is 0. The first-order valence-corrected chi connectivity index (χ1v) is 5.99. The Balaban J connectivity index is 0.00000225. The van der Waals surface area contributed by atoms with Crippen LogP contribution in [0.4, 0.5) is 0 Å². The van der Waals surface area contributed by atoms with Crippen LogP contribution < -0.4 is 11.1 Å². The lowest BCUT2D eigenvalue weighted by atomic mass is 9.83. The minimum atomic E-state index is -0.221. The Morgan fingerprint density at radius 2 is 2.06 bits per heavy atom. The van der Waals surface area contributed by atoms with Crippen molar-refractivity contribution in [2.75, 3.05) is 6.54 Å². The molecule has 0 radical (unpaired) electrons. The van der Waals surface area contributed by atoms with Crippen molar-refractivity contribution in [1.29, 1.82) is 0 Å². The van der Waals surface area contributed by atoms with Crippen molar-refractivity contribution in [3.05, 3.63) is 0 Å². The van der Waals surface area contributed by atoms with Gasteiger partial charge in [0.2, 0.25) is 5.91 Å². The number of halogens is 1. The number of hydrogen-bond acceptors (Lipinski definition) is 2. The standard InChI is InChI=1S/C12H24N2O.ClH/c1-9(2)7-12(3,8-13)14-11(15)10-5-4-6-10;/h9-10H,4-8,13H2,1-3H3,(H,14,15);1H. The fourth-order valence-electron chi connectivity index (χ4n) is 2.16. The smallest absolute Gasteiger partial charge is 0.223 e. The summed E-state index contributed by atoms with van der Waals surface area (Å²) in [6.07, 6.45) is 4.24. The summed E-state index contributed by atoms with van der Waals surface area (Å²) in [5.74, 6) is 1.01. The summed E-state index contributed by atoms with van der Waals surface area (Å²) in [6, 6.07) is 0. The number of nitrogens with one attached hydrogen (secondary N) is 1. The van der Waals surface area contributed by atoms with Gasteiger partial charge in [0.15, 0.2) is 0 Å². The van der Waals surface area contributed by atoms with E-state index in [2.05, 4.69) is 19.2 Å². The predicted octanol–water partition coefficient (Wildman–Crippen LogP) is 2.09. The molecular formula is C12H25ClN2O. The molecule has 96 valence electrons. The summed E-state index contributed by atoms with van der Waals surface area (Å²) in [6.45, 7) is 6.88. The van der Waals surface area contributed by atoms with E-state index in [1.54, 1.807) is 0 Å². The van der Waals surface area contributed by atoms with Crippen LogP contribution in [-0.2, 0) is 4.79 Å². The van der Waals surface area contributed by atoms with E-state index >= 15 is 0 Å². The molecule has 1 rings (SSSR count). The molecule has 4 heteroatoms. The number of nitrogens with two attached hydrogens (primary N) is 1. The summed E-state index contributed by atoms with van der Waals surface area (Å²) in [7, 11) is 0. The minimum absolute atomic E-state index is 0. The SMILES string of the molecule is CC(C)CC(C)(CN)NC(=O)C1CCC1.Cl. The van der Waals surface area contributed by atoms with Gasteiger partial charge in [0.1, 0.15) is 0 Å². The number of carbonyl (C=O) groups excluding carboxylic acids is 1. The van der Waals surface area contributed by atoms with E-state index in [0.29, 0.717) is 12.5 Å². The zero-order valence-electron chi connectivity index (χ0n) is 10.6. The predicted molar refractivity (Wildman–Crippen MR) is 69.6 cm³/mol. The molecule has 3 N–H and O–H groups in total. The van der Waals surface area contributed by atoms with E-state index in [4.69, 9.17) is 5.73 Å². The lowest BCUT2D eigenvalue weighted by molar-refractivity contribution is -0.129. The van der Waals surface area contributed by atoms with E-state index in [1.807, 2.05) is 6.92 Å². The maximum atomic E-state index is 11.8. The van der Waals surface area contributed by atoms with Crippen molar-refractivity contribution >= 4 is 18.3 Å². The third-order valence-electron chi connectivity index (χ3n) is 3.21. The van der Waals surface area contributed by atoms with E-state index in [1.165, 1.54) is 6.42 Å². The Labute approximate surface area is 105 Å². The molecule has 0 spiro atoms. The average Bonchev–Trinajstić information content (AvgIpc) is 1.98. The second-order valence-corrected chi connectivity index (χ2v) is 5.48. The third kappa shape index (κ3) is 4.30. The van der Waals surface area contributed by atoms with Gasteiger partial charge in [-0.05, 0) is 32.1 Å². The third-order valence-corrected chi connectivity index (χ3v) is 3.21. The van der Waals surface area contributed by atoms with Gasteiger partial charge in [-0.3, -0.25) is 4.79 Å². The zero-order chi connectivity index (χ0) is 11.5. The highest BCUT2D eigenvalue weighted by atomic mass is 35.5. The highest BCUT2D eigenvalue weighted by Crippen LogP contribution is 2.27. The average molecular weight is 249 g/mol. The van der Waals surface area contributed by atoms with Crippen LogP contribution in [0, 0.1) is 11.8 Å². The summed E-state index contributed by atoms with van der Waals surface area (Å²) in [5, 5.41) is 3.11. The van der Waals surface area contributed by atoms with Gasteiger partial charge in [0.25, 0.3) is 0 Å². The van der Waals surface area contributed by atoms with Crippen molar-refractivity contribution in [3.8, 4) is 0 Å². The van der Waals surface area contributed by atoms with Gasteiger partial charge < -0.3 is 11.1 Å². The van der Waals surface area contributed by atoms with E-state index in [9.17, 15) is 4.79 Å². The largest absolute Gasteiger partial charge is 0.349 e. The number of hydrogen-bond donors (Lipinski definition) is 2. The Bertz CT molecular complexity index is 229. The van der Waals surface area contributed by atoms with Crippen LogP contribution in [0.5, 0.6) is 0 Å². The Hall–Kier alpha value is -0.280. The number of amides is 1. The first-order valence-electron chi connectivity index (χ1n) is 5.99. The highest BCUT2D eigenvalue weighted by molar-refractivity contribution is 5.85. The van der Waals surface area contributed by atoms with Crippen molar-refractivity contribution in [2.24, 2.45) is 17.6 Å². The van der Waals surface area contributed by atoms with Gasteiger partial charge >= 0.3 is 0 Å². The molecule has 1 aliphatic rings. The van der Waals surface area contributed by atoms with E-state index < -0.39 is 0 Å². The van der Waals surface area contributed by atoms with Crippen LogP contribution >= 0.6 is 12.4 Å². The van der Waals surface area contributed by atoms with Gasteiger partial charge in [-0.2, -0.15) is 0 Å². The molecule has 16 heavy (non-hydrogen) atoms. The maximum Gasteiger partial charge on any atom is 0.223 e. The van der Waals surface area contributed by atoms with Crippen LogP contribution in [0.2, 0.25) is 0 Å². The number of carbonyl (C=O) groups is 1. The molecule has 1 fully saturated rings. The van der Waals surface area contributed by atoms with Crippen molar-refractivity contribution in [3.63, 3.8) is 0 Å². The topological polar surface area (TPSA) is 55.1 Å². The molecule has 1 aliphatic carbocycles. The molecule has 3 nitrogen and oxygen atoms in total. The fourth-order valence-corrected chi connectivity index (χ4v) is 2.16. The van der Waals surface area contributed by atoms with Gasteiger partial charge in [-0.15, -0.1) is 12.4 Å². The van der Waals surface area contributed by atoms with E-state index in [0.717, 1.165) is 19.3 Å². The van der Waals surface area contributed by atoms with Crippen LogP contribution in [0.3, 0.4) is 0 Å². The highest BCUT2D eigenvalue weighted by Gasteiger charge is 2.31. The molecule has 1 unspecified atom stereocenters. The second kappa shape index (κ2) is 6.45. The Morgan fingerprint density at radius 3 is 2.38 bits per heavy atom. The molecule has 1 atom stereocenters. The fraction of sp³-hybridized carbons (Fsp3) is 0.917. The second-order valence-electron chi connectivity index (χ2n) is 5.48. The molecule has 1 amide bonds. The first kappa shape index (κ1) is 15.7. The maximum absolute atomic E-state index is 11.8. The summed E-state index contributed by atoms with van der Waals surface area (Å²) in [5.41, 5.74) is 5.53. The molecule has 0 saturated heterocycles. The molecular weight excluding hydrogens is 224 g/mol. The van der Waals surface area contributed by atoms with Crippen LogP contribution in [-0.4, -0.2) is 18.0 Å². The van der Waals surface area contributed by atoms with Gasteiger partial charge in [-0.25, -0.2) is 0 Å². The van der Waals surface area contributed by atoms with Gasteiger partial charge in [0.05, 0.1) is 0 Å². The van der Waals surface area contributed by atoms with Crippen molar-refractivity contribution in [1.82, 2.24) is 5.32 Å². The molecule has 0 aromatic heterocycles. The number of rotatable bonds is 5. The molecule has 0 bridgehead atoms. The minimum Gasteiger partial charge on any atom is -0.349 e.